The van der Waals surface area contributed by atoms with E-state index in [9.17, 15) is 4.79 Å². The van der Waals surface area contributed by atoms with Crippen LogP contribution in [0.3, 0.4) is 0 Å². The van der Waals surface area contributed by atoms with Crippen LogP contribution in [0.15, 0.2) is 24.3 Å². The summed E-state index contributed by atoms with van der Waals surface area (Å²) >= 11 is 5.85. The predicted molar refractivity (Wildman–Crippen MR) is 75.7 cm³/mol. The molecule has 5 heteroatoms. The van der Waals surface area contributed by atoms with E-state index in [1.54, 1.807) is 31.2 Å². The van der Waals surface area contributed by atoms with Crippen LogP contribution in [-0.2, 0) is 9.53 Å². The predicted octanol–water partition coefficient (Wildman–Crippen LogP) is 2.65. The van der Waals surface area contributed by atoms with E-state index in [1.165, 1.54) is 0 Å². The number of benzene rings is 1. The summed E-state index contributed by atoms with van der Waals surface area (Å²) < 4.78 is 10.7. The highest BCUT2D eigenvalue weighted by atomic mass is 35.5. The smallest absolute Gasteiger partial charge is 0.260 e. The molecule has 0 aliphatic carbocycles. The molecule has 0 unspecified atom stereocenters. The van der Waals surface area contributed by atoms with Crippen LogP contribution in [0, 0.1) is 0 Å². The van der Waals surface area contributed by atoms with E-state index >= 15 is 0 Å². The van der Waals surface area contributed by atoms with Crippen molar-refractivity contribution in [2.45, 2.75) is 26.4 Å². The number of carbonyl (C=O) groups excluding carboxylic acids is 1. The highest BCUT2D eigenvalue weighted by molar-refractivity contribution is 6.30. The van der Waals surface area contributed by atoms with Crippen molar-refractivity contribution in [3.8, 4) is 5.75 Å². The molecule has 0 fully saturated rings. The second kappa shape index (κ2) is 8.77. The van der Waals surface area contributed by atoms with Crippen LogP contribution in [-0.4, -0.2) is 31.8 Å². The molecular formula is C14H20ClNO3. The van der Waals surface area contributed by atoms with Crippen molar-refractivity contribution >= 4 is 17.5 Å². The zero-order chi connectivity index (χ0) is 14.1. The van der Waals surface area contributed by atoms with Crippen LogP contribution in [0.4, 0.5) is 0 Å². The Kier molecular flexibility index (Phi) is 7.30. The van der Waals surface area contributed by atoms with Gasteiger partial charge in [-0.1, -0.05) is 17.7 Å². The number of nitrogens with one attached hydrogen (secondary N) is 1. The summed E-state index contributed by atoms with van der Waals surface area (Å²) in [6.07, 6.45) is 0.245. The molecule has 0 heterocycles. The third kappa shape index (κ3) is 6.45. The highest BCUT2D eigenvalue weighted by Gasteiger charge is 2.13. The molecule has 0 bridgehead atoms. The lowest BCUT2D eigenvalue weighted by Gasteiger charge is -2.14. The second-order valence-corrected chi connectivity index (χ2v) is 4.50. The Morgan fingerprint density at radius 2 is 2.26 bits per heavy atom. The summed E-state index contributed by atoms with van der Waals surface area (Å²) in [4.78, 5) is 11.8. The molecule has 4 nitrogen and oxygen atoms in total. The van der Waals surface area contributed by atoms with Crippen LogP contribution in [0.5, 0.6) is 5.75 Å². The molecule has 1 amide bonds. The number of hydrogen-bond donors (Lipinski definition) is 1. The topological polar surface area (TPSA) is 47.6 Å². The highest BCUT2D eigenvalue weighted by Crippen LogP contribution is 2.18. The van der Waals surface area contributed by atoms with E-state index in [1.807, 2.05) is 6.92 Å². The van der Waals surface area contributed by atoms with Gasteiger partial charge in [-0.2, -0.15) is 0 Å². The Labute approximate surface area is 119 Å². The van der Waals surface area contributed by atoms with E-state index in [4.69, 9.17) is 21.1 Å². The summed E-state index contributed by atoms with van der Waals surface area (Å²) in [5.41, 5.74) is 0. The fraction of sp³-hybridized carbons (Fsp3) is 0.500. The lowest BCUT2D eigenvalue weighted by molar-refractivity contribution is -0.127. The summed E-state index contributed by atoms with van der Waals surface area (Å²) in [7, 11) is 0. The summed E-state index contributed by atoms with van der Waals surface area (Å²) in [5.74, 6) is 0.445. The first-order valence-electron chi connectivity index (χ1n) is 6.41. The molecule has 106 valence electrons. The van der Waals surface area contributed by atoms with Gasteiger partial charge in [-0.15, -0.1) is 0 Å². The third-order valence-corrected chi connectivity index (χ3v) is 2.68. The van der Waals surface area contributed by atoms with Crippen molar-refractivity contribution in [1.82, 2.24) is 5.32 Å². The molecule has 1 rings (SSSR count). The zero-order valence-electron chi connectivity index (χ0n) is 11.3. The molecule has 1 aromatic rings. The van der Waals surface area contributed by atoms with E-state index in [-0.39, 0.29) is 5.91 Å². The van der Waals surface area contributed by atoms with Gasteiger partial charge in [0.25, 0.3) is 5.91 Å². The summed E-state index contributed by atoms with van der Waals surface area (Å²) in [6, 6.07) is 6.99. The number of ether oxygens (including phenoxy) is 2. The van der Waals surface area contributed by atoms with Gasteiger partial charge in [0.2, 0.25) is 0 Å². The van der Waals surface area contributed by atoms with Crippen molar-refractivity contribution in [3.63, 3.8) is 0 Å². The van der Waals surface area contributed by atoms with E-state index in [0.717, 1.165) is 6.42 Å². The standard InChI is InChI=1S/C14H20ClNO3/c1-3-18-9-5-8-16-14(17)11(2)19-13-7-4-6-12(15)10-13/h4,6-7,10-11H,3,5,8-9H2,1-2H3,(H,16,17)/t11-/m1/s1. The Morgan fingerprint density at radius 3 is 2.95 bits per heavy atom. The monoisotopic (exact) mass is 285 g/mol. The Balaban J connectivity index is 2.28. The maximum absolute atomic E-state index is 11.8. The minimum absolute atomic E-state index is 0.142. The lowest BCUT2D eigenvalue weighted by Crippen LogP contribution is -2.37. The largest absolute Gasteiger partial charge is 0.481 e. The Morgan fingerprint density at radius 1 is 1.47 bits per heavy atom. The first-order valence-corrected chi connectivity index (χ1v) is 6.79. The number of carbonyl (C=O) groups is 1. The van der Waals surface area contributed by atoms with Crippen LogP contribution in [0.25, 0.3) is 0 Å². The van der Waals surface area contributed by atoms with Crippen molar-refractivity contribution in [2.24, 2.45) is 0 Å². The van der Waals surface area contributed by atoms with Gasteiger partial charge < -0.3 is 14.8 Å². The normalized spacial score (nSPS) is 11.9. The minimum Gasteiger partial charge on any atom is -0.481 e. The van der Waals surface area contributed by atoms with Gasteiger partial charge >= 0.3 is 0 Å². The number of rotatable bonds is 8. The molecule has 1 N–H and O–H groups in total. The second-order valence-electron chi connectivity index (χ2n) is 4.06. The van der Waals surface area contributed by atoms with E-state index < -0.39 is 6.10 Å². The molecule has 0 saturated carbocycles. The van der Waals surface area contributed by atoms with Gasteiger partial charge in [0, 0.05) is 24.8 Å². The average Bonchev–Trinajstić information content (AvgIpc) is 2.38. The molecular weight excluding hydrogens is 266 g/mol. The lowest BCUT2D eigenvalue weighted by atomic mass is 10.3. The van der Waals surface area contributed by atoms with Gasteiger partial charge in [-0.3, -0.25) is 4.79 Å². The Hall–Kier alpha value is -1.26. The zero-order valence-corrected chi connectivity index (χ0v) is 12.1. The van der Waals surface area contributed by atoms with Gasteiger partial charge in [-0.25, -0.2) is 0 Å². The first kappa shape index (κ1) is 15.8. The summed E-state index contributed by atoms with van der Waals surface area (Å²) in [5, 5.41) is 3.38. The van der Waals surface area contributed by atoms with Gasteiger partial charge in [0.05, 0.1) is 0 Å². The van der Waals surface area contributed by atoms with Crippen molar-refractivity contribution in [2.75, 3.05) is 19.8 Å². The summed E-state index contributed by atoms with van der Waals surface area (Å²) in [6.45, 7) is 5.59. The molecule has 0 aliphatic rings. The molecule has 0 aromatic heterocycles. The van der Waals surface area contributed by atoms with Gasteiger partial charge in [0.15, 0.2) is 6.10 Å². The number of halogens is 1. The fourth-order valence-electron chi connectivity index (χ4n) is 1.47. The van der Waals surface area contributed by atoms with Crippen molar-refractivity contribution < 1.29 is 14.3 Å². The average molecular weight is 286 g/mol. The van der Waals surface area contributed by atoms with E-state index in [0.29, 0.717) is 30.5 Å². The molecule has 0 saturated heterocycles. The van der Waals surface area contributed by atoms with Gasteiger partial charge in [0.1, 0.15) is 5.75 Å². The van der Waals surface area contributed by atoms with Crippen molar-refractivity contribution in [1.29, 1.82) is 0 Å². The van der Waals surface area contributed by atoms with E-state index in [2.05, 4.69) is 5.32 Å². The fourth-order valence-corrected chi connectivity index (χ4v) is 1.65. The van der Waals surface area contributed by atoms with Crippen molar-refractivity contribution in [3.05, 3.63) is 29.3 Å². The van der Waals surface area contributed by atoms with Crippen LogP contribution < -0.4 is 10.1 Å². The molecule has 0 spiro atoms. The van der Waals surface area contributed by atoms with Gasteiger partial charge in [-0.05, 0) is 38.5 Å². The number of amides is 1. The molecule has 0 radical (unpaired) electrons. The SMILES string of the molecule is CCOCCCNC(=O)[C@@H](C)Oc1cccc(Cl)c1. The third-order valence-electron chi connectivity index (χ3n) is 2.45. The minimum atomic E-state index is -0.550. The van der Waals surface area contributed by atoms with Crippen LogP contribution in [0.2, 0.25) is 5.02 Å². The quantitative estimate of drug-likeness (QED) is 0.747. The maximum Gasteiger partial charge on any atom is 0.260 e. The maximum atomic E-state index is 11.8. The molecule has 0 aliphatic heterocycles. The molecule has 19 heavy (non-hydrogen) atoms. The molecule has 1 atom stereocenters. The number of hydrogen-bond acceptors (Lipinski definition) is 3. The Bertz CT molecular complexity index is 398. The van der Waals surface area contributed by atoms with Crippen LogP contribution in [0.1, 0.15) is 20.3 Å². The van der Waals surface area contributed by atoms with Crippen LogP contribution >= 0.6 is 11.6 Å². The first-order chi connectivity index (χ1) is 9.13. The molecule has 1 aromatic carbocycles.